The van der Waals surface area contributed by atoms with Gasteiger partial charge in [-0.05, 0) is 50.3 Å². The third-order valence-corrected chi connectivity index (χ3v) is 3.93. The molecule has 4 heteroatoms. The third kappa shape index (κ3) is 4.83. The molecule has 0 N–H and O–H groups in total. The summed E-state index contributed by atoms with van der Waals surface area (Å²) in [6.45, 7) is 0.688. The van der Waals surface area contributed by atoms with Crippen LogP contribution in [0.2, 0.25) is 0 Å². The van der Waals surface area contributed by atoms with E-state index in [4.69, 9.17) is 9.47 Å². The van der Waals surface area contributed by atoms with Crippen molar-refractivity contribution >= 4 is 5.78 Å². The summed E-state index contributed by atoms with van der Waals surface area (Å²) in [5.74, 6) is 1.51. The van der Waals surface area contributed by atoms with E-state index in [1.54, 1.807) is 20.3 Å². The van der Waals surface area contributed by atoms with Crippen molar-refractivity contribution in [3.8, 4) is 11.5 Å². The van der Waals surface area contributed by atoms with Gasteiger partial charge >= 0.3 is 0 Å². The monoisotopic (exact) mass is 327 g/mol. The average molecular weight is 327 g/mol. The molecular formula is C20H25NO3. The Kier molecular flexibility index (Phi) is 6.38. The molecule has 2 rings (SSSR count). The predicted molar refractivity (Wildman–Crippen MR) is 96.1 cm³/mol. The molecule has 1 atom stereocenters. The molecule has 1 unspecified atom stereocenters. The van der Waals surface area contributed by atoms with Crippen LogP contribution < -0.4 is 9.47 Å². The van der Waals surface area contributed by atoms with Gasteiger partial charge < -0.3 is 14.4 Å². The second kappa shape index (κ2) is 8.50. The van der Waals surface area contributed by atoms with Crippen LogP contribution in [-0.2, 0) is 6.42 Å². The zero-order valence-corrected chi connectivity index (χ0v) is 14.8. The van der Waals surface area contributed by atoms with Gasteiger partial charge in [-0.2, -0.15) is 0 Å². The first-order valence-electron chi connectivity index (χ1n) is 7.99. The van der Waals surface area contributed by atoms with Crippen molar-refractivity contribution in [3.05, 3.63) is 59.7 Å². The quantitative estimate of drug-likeness (QED) is 0.697. The first-order chi connectivity index (χ1) is 11.5. The SMILES string of the molecule is COc1cccc(CC(CN(C)C)C(=O)c2cccc(OC)c2)c1. The van der Waals surface area contributed by atoms with Crippen LogP contribution in [0, 0.1) is 5.92 Å². The Hall–Kier alpha value is -2.33. The standard InChI is InChI=1S/C20H25NO3/c1-21(2)14-17(11-15-7-5-9-18(12-15)23-3)20(22)16-8-6-10-19(13-16)24-4/h5-10,12-13,17H,11,14H2,1-4H3. The van der Waals surface area contributed by atoms with E-state index in [-0.39, 0.29) is 11.7 Å². The molecule has 0 fully saturated rings. The van der Waals surface area contributed by atoms with Crippen LogP contribution in [0.3, 0.4) is 0 Å². The van der Waals surface area contributed by atoms with Crippen LogP contribution in [0.25, 0.3) is 0 Å². The highest BCUT2D eigenvalue weighted by Crippen LogP contribution is 2.21. The van der Waals surface area contributed by atoms with Gasteiger partial charge in [-0.1, -0.05) is 24.3 Å². The molecule has 0 aliphatic heterocycles. The molecule has 0 aliphatic carbocycles. The summed E-state index contributed by atoms with van der Waals surface area (Å²) >= 11 is 0. The van der Waals surface area contributed by atoms with Gasteiger partial charge in [0.25, 0.3) is 0 Å². The maximum atomic E-state index is 13.0. The zero-order chi connectivity index (χ0) is 17.5. The van der Waals surface area contributed by atoms with Crippen LogP contribution >= 0.6 is 0 Å². The Bertz CT molecular complexity index is 682. The van der Waals surface area contributed by atoms with Crippen molar-refractivity contribution in [1.29, 1.82) is 0 Å². The smallest absolute Gasteiger partial charge is 0.167 e. The summed E-state index contributed by atoms with van der Waals surface area (Å²) in [5, 5.41) is 0. The first-order valence-corrected chi connectivity index (χ1v) is 7.99. The number of carbonyl (C=O) groups is 1. The molecule has 0 bridgehead atoms. The van der Waals surface area contributed by atoms with Crippen LogP contribution in [-0.4, -0.2) is 45.5 Å². The highest BCUT2D eigenvalue weighted by Gasteiger charge is 2.22. The Labute approximate surface area is 144 Å². The number of methoxy groups -OCH3 is 2. The fraction of sp³-hybridized carbons (Fsp3) is 0.350. The summed E-state index contributed by atoms with van der Waals surface area (Å²) in [4.78, 5) is 15.0. The zero-order valence-electron chi connectivity index (χ0n) is 14.8. The summed E-state index contributed by atoms with van der Waals surface area (Å²) in [7, 11) is 7.23. The molecular weight excluding hydrogens is 302 g/mol. The molecule has 4 nitrogen and oxygen atoms in total. The van der Waals surface area contributed by atoms with Gasteiger partial charge in [-0.3, -0.25) is 4.79 Å². The van der Waals surface area contributed by atoms with E-state index in [1.165, 1.54) is 0 Å². The van der Waals surface area contributed by atoms with Crippen molar-refractivity contribution in [1.82, 2.24) is 4.90 Å². The van der Waals surface area contributed by atoms with Crippen molar-refractivity contribution in [2.24, 2.45) is 5.92 Å². The minimum atomic E-state index is -0.126. The topological polar surface area (TPSA) is 38.8 Å². The minimum absolute atomic E-state index is 0.126. The Morgan fingerprint density at radius 3 is 2.25 bits per heavy atom. The van der Waals surface area contributed by atoms with Gasteiger partial charge in [0.05, 0.1) is 14.2 Å². The summed E-state index contributed by atoms with van der Waals surface area (Å²) in [6.07, 6.45) is 0.672. The van der Waals surface area contributed by atoms with E-state index in [0.717, 1.165) is 11.3 Å². The van der Waals surface area contributed by atoms with Gasteiger partial charge in [0.1, 0.15) is 11.5 Å². The van der Waals surface area contributed by atoms with Gasteiger partial charge in [0.15, 0.2) is 5.78 Å². The number of Topliss-reactive ketones (excluding diaryl/α,β-unsaturated/α-hetero) is 1. The molecule has 128 valence electrons. The number of rotatable bonds is 8. The van der Waals surface area contributed by atoms with Crippen LogP contribution in [0.1, 0.15) is 15.9 Å². The number of nitrogens with zero attached hydrogens (tertiary/aromatic N) is 1. The van der Waals surface area contributed by atoms with E-state index in [1.807, 2.05) is 61.5 Å². The predicted octanol–water partition coefficient (Wildman–Crippen LogP) is 3.31. The maximum Gasteiger partial charge on any atom is 0.167 e. The fourth-order valence-corrected chi connectivity index (χ4v) is 2.78. The van der Waals surface area contributed by atoms with Gasteiger partial charge in [-0.25, -0.2) is 0 Å². The number of ketones is 1. The number of hydrogen-bond donors (Lipinski definition) is 0. The van der Waals surface area contributed by atoms with Crippen LogP contribution in [0.15, 0.2) is 48.5 Å². The second-order valence-corrected chi connectivity index (χ2v) is 6.11. The van der Waals surface area contributed by atoms with Crippen LogP contribution in [0.4, 0.5) is 0 Å². The lowest BCUT2D eigenvalue weighted by Crippen LogP contribution is -2.29. The van der Waals surface area contributed by atoms with E-state index in [0.29, 0.717) is 24.3 Å². The van der Waals surface area contributed by atoms with Crippen molar-refractivity contribution in [2.45, 2.75) is 6.42 Å². The van der Waals surface area contributed by atoms with Gasteiger partial charge in [0, 0.05) is 18.0 Å². The van der Waals surface area contributed by atoms with Crippen molar-refractivity contribution in [3.63, 3.8) is 0 Å². The molecule has 0 saturated heterocycles. The number of carbonyl (C=O) groups excluding carboxylic acids is 1. The fourth-order valence-electron chi connectivity index (χ4n) is 2.78. The van der Waals surface area contributed by atoms with Crippen LogP contribution in [0.5, 0.6) is 11.5 Å². The number of hydrogen-bond acceptors (Lipinski definition) is 4. The van der Waals surface area contributed by atoms with Crippen molar-refractivity contribution < 1.29 is 14.3 Å². The molecule has 2 aromatic carbocycles. The lowest BCUT2D eigenvalue weighted by Gasteiger charge is -2.20. The Balaban J connectivity index is 2.24. The van der Waals surface area contributed by atoms with Crippen molar-refractivity contribution in [2.75, 3.05) is 34.9 Å². The van der Waals surface area contributed by atoms with Gasteiger partial charge in [-0.15, -0.1) is 0 Å². The molecule has 0 aromatic heterocycles. The summed E-state index contributed by atoms with van der Waals surface area (Å²) in [5.41, 5.74) is 1.78. The summed E-state index contributed by atoms with van der Waals surface area (Å²) in [6, 6.07) is 15.2. The molecule has 0 radical (unpaired) electrons. The van der Waals surface area contributed by atoms with Gasteiger partial charge in [0.2, 0.25) is 0 Å². The normalized spacial score (nSPS) is 12.0. The van der Waals surface area contributed by atoms with E-state index < -0.39 is 0 Å². The highest BCUT2D eigenvalue weighted by molar-refractivity contribution is 5.98. The molecule has 24 heavy (non-hydrogen) atoms. The second-order valence-electron chi connectivity index (χ2n) is 6.11. The lowest BCUT2D eigenvalue weighted by molar-refractivity contribution is 0.0896. The average Bonchev–Trinajstić information content (AvgIpc) is 2.60. The lowest BCUT2D eigenvalue weighted by atomic mass is 9.90. The van der Waals surface area contributed by atoms with E-state index >= 15 is 0 Å². The largest absolute Gasteiger partial charge is 0.497 e. The number of ether oxygens (including phenoxy) is 2. The minimum Gasteiger partial charge on any atom is -0.497 e. The third-order valence-electron chi connectivity index (χ3n) is 3.93. The molecule has 0 heterocycles. The molecule has 0 saturated carbocycles. The van der Waals surface area contributed by atoms with E-state index in [2.05, 4.69) is 0 Å². The maximum absolute atomic E-state index is 13.0. The Morgan fingerprint density at radius 1 is 1.00 bits per heavy atom. The molecule has 0 aliphatic rings. The molecule has 0 spiro atoms. The summed E-state index contributed by atoms with van der Waals surface area (Å²) < 4.78 is 10.5. The Morgan fingerprint density at radius 2 is 1.62 bits per heavy atom. The van der Waals surface area contributed by atoms with E-state index in [9.17, 15) is 4.79 Å². The number of benzene rings is 2. The molecule has 0 amide bonds. The first kappa shape index (κ1) is 18.0. The molecule has 2 aromatic rings. The highest BCUT2D eigenvalue weighted by atomic mass is 16.5.